The highest BCUT2D eigenvalue weighted by molar-refractivity contribution is 14.0. The highest BCUT2D eigenvalue weighted by Crippen LogP contribution is 2.28. The lowest BCUT2D eigenvalue weighted by atomic mass is 9.94. The summed E-state index contributed by atoms with van der Waals surface area (Å²) >= 11 is 0. The Morgan fingerprint density at radius 3 is 2.52 bits per heavy atom. The van der Waals surface area contributed by atoms with Crippen molar-refractivity contribution in [3.8, 4) is 0 Å². The summed E-state index contributed by atoms with van der Waals surface area (Å²) in [6, 6.07) is 0. The summed E-state index contributed by atoms with van der Waals surface area (Å²) in [6.45, 7) is 10.6. The van der Waals surface area contributed by atoms with Crippen molar-refractivity contribution in [2.45, 2.75) is 52.5 Å². The molecule has 1 fully saturated rings. The highest BCUT2D eigenvalue weighted by atomic mass is 127. The van der Waals surface area contributed by atoms with Crippen LogP contribution in [0, 0.1) is 5.92 Å². The van der Waals surface area contributed by atoms with E-state index in [0.29, 0.717) is 31.5 Å². The molecule has 1 amide bonds. The lowest BCUT2D eigenvalue weighted by Crippen LogP contribution is -2.41. The molecule has 1 heterocycles. The van der Waals surface area contributed by atoms with Crippen molar-refractivity contribution in [1.82, 2.24) is 20.9 Å². The molecule has 7 nitrogen and oxygen atoms in total. The minimum Gasteiger partial charge on any atom is -0.443 e. The molecule has 1 aromatic heterocycles. The van der Waals surface area contributed by atoms with E-state index in [4.69, 9.17) is 4.42 Å². The fraction of sp³-hybridized carbons (Fsp3) is 0.706. The van der Waals surface area contributed by atoms with Gasteiger partial charge in [-0.25, -0.2) is 9.98 Å². The van der Waals surface area contributed by atoms with Gasteiger partial charge in [0.05, 0.1) is 6.20 Å². The number of aliphatic imine (C=N–C) groups is 1. The summed E-state index contributed by atoms with van der Waals surface area (Å²) in [4.78, 5) is 20.3. The molecule has 0 spiro atoms. The van der Waals surface area contributed by atoms with Gasteiger partial charge >= 0.3 is 0 Å². The number of amides is 1. The zero-order valence-corrected chi connectivity index (χ0v) is 17.8. The number of guanidine groups is 1. The monoisotopic (exact) mass is 463 g/mol. The van der Waals surface area contributed by atoms with E-state index in [1.54, 1.807) is 6.20 Å². The quantitative estimate of drug-likeness (QED) is 0.250. The lowest BCUT2D eigenvalue weighted by molar-refractivity contribution is -0.122. The Labute approximate surface area is 166 Å². The van der Waals surface area contributed by atoms with Crippen molar-refractivity contribution < 1.29 is 9.21 Å². The number of halogens is 1. The Hall–Kier alpha value is -1.32. The number of nitrogens with zero attached hydrogens (tertiary/aromatic N) is 2. The van der Waals surface area contributed by atoms with Gasteiger partial charge in [-0.1, -0.05) is 20.8 Å². The predicted octanol–water partition coefficient (Wildman–Crippen LogP) is 2.17. The maximum Gasteiger partial charge on any atom is 0.223 e. The number of aromatic nitrogens is 1. The lowest BCUT2D eigenvalue weighted by Gasteiger charge is -2.13. The average Bonchev–Trinajstić information content (AvgIpc) is 3.25. The van der Waals surface area contributed by atoms with Gasteiger partial charge in [-0.15, -0.1) is 24.0 Å². The van der Waals surface area contributed by atoms with E-state index in [-0.39, 0.29) is 41.2 Å². The summed E-state index contributed by atoms with van der Waals surface area (Å²) in [5, 5.41) is 9.29. The molecular formula is C17H30IN5O2. The van der Waals surface area contributed by atoms with Gasteiger partial charge in [-0.2, -0.15) is 0 Å². The maximum atomic E-state index is 11.6. The summed E-state index contributed by atoms with van der Waals surface area (Å²) < 4.78 is 5.74. The summed E-state index contributed by atoms with van der Waals surface area (Å²) in [5.74, 6) is 2.54. The second-order valence-corrected chi connectivity index (χ2v) is 7.06. The molecule has 2 rings (SSSR count). The molecule has 25 heavy (non-hydrogen) atoms. The van der Waals surface area contributed by atoms with E-state index < -0.39 is 0 Å². The summed E-state index contributed by atoms with van der Waals surface area (Å²) in [5.41, 5.74) is -0.0581. The van der Waals surface area contributed by atoms with Crippen LogP contribution in [0.25, 0.3) is 0 Å². The van der Waals surface area contributed by atoms with E-state index in [1.165, 1.54) is 0 Å². The molecule has 0 saturated heterocycles. The van der Waals surface area contributed by atoms with E-state index >= 15 is 0 Å². The van der Waals surface area contributed by atoms with Crippen molar-refractivity contribution >= 4 is 35.8 Å². The number of carbonyl (C=O) groups is 1. The van der Waals surface area contributed by atoms with E-state index in [1.807, 2.05) is 6.92 Å². The van der Waals surface area contributed by atoms with Crippen LogP contribution < -0.4 is 16.0 Å². The molecule has 0 unspecified atom stereocenters. The SMILES string of the molecule is CCNC(=NCc1ncc(C(C)(C)C)o1)NCCNC(=O)C1CC1.I. The molecule has 0 aromatic carbocycles. The Kier molecular flexibility index (Phi) is 8.67. The standard InChI is InChI=1S/C17H29N5O2.HI/c1-5-18-16(20-9-8-19-15(23)12-6-7-12)22-11-14-21-10-13(24-14)17(2,3)4;/h10,12H,5-9,11H2,1-4H3,(H,19,23)(H2,18,20,22);1H. The van der Waals surface area contributed by atoms with Crippen LogP contribution in [0.2, 0.25) is 0 Å². The first-order chi connectivity index (χ1) is 11.4. The van der Waals surface area contributed by atoms with Gasteiger partial charge in [0.15, 0.2) is 5.96 Å². The number of nitrogens with one attached hydrogen (secondary N) is 3. The van der Waals surface area contributed by atoms with Gasteiger partial charge in [0.1, 0.15) is 12.3 Å². The molecule has 0 aliphatic heterocycles. The van der Waals surface area contributed by atoms with Gasteiger partial charge in [0.25, 0.3) is 0 Å². The Balaban J connectivity index is 0.00000312. The molecule has 8 heteroatoms. The first kappa shape index (κ1) is 21.7. The molecule has 1 aliphatic carbocycles. The second kappa shape index (κ2) is 9.98. The number of oxazole rings is 1. The molecule has 0 atom stereocenters. The number of rotatable bonds is 7. The van der Waals surface area contributed by atoms with E-state index in [0.717, 1.165) is 25.1 Å². The third-order valence-corrected chi connectivity index (χ3v) is 3.67. The van der Waals surface area contributed by atoms with Crippen molar-refractivity contribution in [3.63, 3.8) is 0 Å². The average molecular weight is 463 g/mol. The maximum absolute atomic E-state index is 11.6. The first-order valence-corrected chi connectivity index (χ1v) is 8.65. The minimum absolute atomic E-state index is 0. The Morgan fingerprint density at radius 1 is 1.28 bits per heavy atom. The highest BCUT2D eigenvalue weighted by Gasteiger charge is 2.28. The molecule has 1 aliphatic rings. The van der Waals surface area contributed by atoms with Crippen LogP contribution in [0.5, 0.6) is 0 Å². The largest absolute Gasteiger partial charge is 0.443 e. The van der Waals surface area contributed by atoms with Crippen molar-refractivity contribution in [3.05, 3.63) is 17.8 Å². The zero-order chi connectivity index (χ0) is 17.6. The first-order valence-electron chi connectivity index (χ1n) is 8.65. The van der Waals surface area contributed by atoms with Gasteiger partial charge in [0.2, 0.25) is 11.8 Å². The van der Waals surface area contributed by atoms with Crippen LogP contribution in [0.1, 0.15) is 52.2 Å². The number of carbonyl (C=O) groups excluding carboxylic acids is 1. The number of hydrogen-bond acceptors (Lipinski definition) is 4. The molecule has 1 saturated carbocycles. The van der Waals surface area contributed by atoms with Crippen LogP contribution >= 0.6 is 24.0 Å². The van der Waals surface area contributed by atoms with Crippen LogP contribution in [0.4, 0.5) is 0 Å². The Morgan fingerprint density at radius 2 is 1.96 bits per heavy atom. The topological polar surface area (TPSA) is 91.6 Å². The molecule has 3 N–H and O–H groups in total. The third-order valence-electron chi connectivity index (χ3n) is 3.67. The van der Waals surface area contributed by atoms with Gasteiger partial charge < -0.3 is 20.4 Å². The normalized spacial score (nSPS) is 14.6. The molecule has 0 bridgehead atoms. The fourth-order valence-electron chi connectivity index (χ4n) is 2.07. The fourth-order valence-corrected chi connectivity index (χ4v) is 2.07. The van der Waals surface area contributed by atoms with Gasteiger partial charge in [-0.05, 0) is 19.8 Å². The Bertz CT molecular complexity index is 576. The number of hydrogen-bond donors (Lipinski definition) is 3. The minimum atomic E-state index is -0.0581. The van der Waals surface area contributed by atoms with Crippen LogP contribution in [-0.4, -0.2) is 36.5 Å². The predicted molar refractivity (Wildman–Crippen MR) is 109 cm³/mol. The summed E-state index contributed by atoms with van der Waals surface area (Å²) in [6.07, 6.45) is 3.81. The van der Waals surface area contributed by atoms with Crippen LogP contribution in [-0.2, 0) is 16.8 Å². The molecule has 1 aromatic rings. The summed E-state index contributed by atoms with van der Waals surface area (Å²) in [7, 11) is 0. The van der Waals surface area contributed by atoms with Crippen molar-refractivity contribution in [2.24, 2.45) is 10.9 Å². The van der Waals surface area contributed by atoms with Crippen LogP contribution in [0.3, 0.4) is 0 Å². The van der Waals surface area contributed by atoms with E-state index in [9.17, 15) is 4.79 Å². The van der Waals surface area contributed by atoms with Gasteiger partial charge in [0, 0.05) is 31.0 Å². The second-order valence-electron chi connectivity index (χ2n) is 7.06. The van der Waals surface area contributed by atoms with E-state index in [2.05, 4.69) is 46.7 Å². The van der Waals surface area contributed by atoms with Crippen LogP contribution in [0.15, 0.2) is 15.6 Å². The van der Waals surface area contributed by atoms with Gasteiger partial charge in [-0.3, -0.25) is 4.79 Å². The smallest absolute Gasteiger partial charge is 0.223 e. The molecule has 142 valence electrons. The van der Waals surface area contributed by atoms with Crippen molar-refractivity contribution in [1.29, 1.82) is 0 Å². The third kappa shape index (κ3) is 7.62. The zero-order valence-electron chi connectivity index (χ0n) is 15.5. The molecular weight excluding hydrogens is 433 g/mol. The molecule has 0 radical (unpaired) electrons. The van der Waals surface area contributed by atoms with Crippen molar-refractivity contribution in [2.75, 3.05) is 19.6 Å².